The first-order chi connectivity index (χ1) is 20.2. The molecule has 0 aromatic heterocycles. The summed E-state index contributed by atoms with van der Waals surface area (Å²) < 4.78 is 39.0. The van der Waals surface area contributed by atoms with Crippen molar-refractivity contribution in [2.45, 2.75) is 207 Å². The molecule has 256 valence electrons. The summed E-state index contributed by atoms with van der Waals surface area (Å²) in [5.41, 5.74) is 0. The van der Waals surface area contributed by atoms with Gasteiger partial charge in [0.05, 0.1) is 24.6 Å². The monoisotopic (exact) mass is 627 g/mol. The van der Waals surface area contributed by atoms with Gasteiger partial charge in [0.1, 0.15) is 0 Å². The third-order valence-corrected chi connectivity index (χ3v) is 14.0. The van der Waals surface area contributed by atoms with Crippen LogP contribution >= 0.6 is 7.26 Å². The minimum absolute atomic E-state index is 0.705. The molecule has 0 aliphatic heterocycles. The second-order valence-corrected chi connectivity index (χ2v) is 17.7. The summed E-state index contributed by atoms with van der Waals surface area (Å²) in [6.07, 6.45) is 48.1. The van der Waals surface area contributed by atoms with E-state index in [2.05, 4.69) is 27.7 Å². The molecule has 0 radical (unpaired) electrons. The minimum Gasteiger partial charge on any atom is -0.418 e. The van der Waals surface area contributed by atoms with Crippen molar-refractivity contribution in [3.05, 3.63) is 0 Å². The second kappa shape index (κ2) is 34.1. The van der Waals surface area contributed by atoms with E-state index in [1.54, 1.807) is 50.3 Å². The molecule has 0 aromatic rings. The van der Waals surface area contributed by atoms with Gasteiger partial charge in [-0.2, -0.15) is 0 Å². The van der Waals surface area contributed by atoms with Crippen LogP contribution in [0.1, 0.15) is 207 Å². The Morgan fingerprint density at radius 3 is 0.619 bits per heavy atom. The Bertz CT molecular complexity index is 464. The molecule has 0 aromatic carbocycles. The molecule has 0 unspecified atom stereocenters. The quantitative estimate of drug-likeness (QED) is 0.0302. The van der Waals surface area contributed by atoms with E-state index in [9.17, 15) is 17.3 Å². The Hall–Kier alpha value is 0.215. The lowest BCUT2D eigenvalue weighted by Gasteiger charge is -2.28. The molecule has 0 aliphatic rings. The fraction of sp³-hybridized carbons (Fsp3) is 1.00. The van der Waals surface area contributed by atoms with Gasteiger partial charge in [-0.25, -0.2) is 0 Å². The van der Waals surface area contributed by atoms with E-state index < -0.39 is 14.5 Å². The molecule has 0 heterocycles. The first-order valence-corrected chi connectivity index (χ1v) is 21.5. The fourth-order valence-corrected chi connectivity index (χ4v) is 11.2. The van der Waals surface area contributed by atoms with Crippen LogP contribution < -0.4 is 0 Å². The Balaban J connectivity index is 0. The van der Waals surface area contributed by atoms with E-state index in [1.807, 2.05) is 0 Å². The molecule has 0 saturated heterocycles. The standard InChI is InChI=1S/C36H76P.BF4/c1-5-9-13-17-18-19-20-21-22-23-24-25-26-27-28-32-36-37(33-29-14-10-6-2,34-30-15-11-7-3)35-31-16-12-8-4;2-1(3,4)5/h5-36H2,1-4H3;/q+1;-1. The molecule has 0 amide bonds. The molecule has 0 atom stereocenters. The van der Waals surface area contributed by atoms with Crippen LogP contribution in [0.5, 0.6) is 0 Å². The Morgan fingerprint density at radius 1 is 0.286 bits per heavy atom. The molecule has 42 heavy (non-hydrogen) atoms. The van der Waals surface area contributed by atoms with E-state index in [1.165, 1.54) is 154 Å². The Morgan fingerprint density at radius 2 is 0.429 bits per heavy atom. The summed E-state index contributed by atoms with van der Waals surface area (Å²) in [5, 5.41) is 0. The van der Waals surface area contributed by atoms with Crippen molar-refractivity contribution in [3.63, 3.8) is 0 Å². The number of rotatable bonds is 32. The van der Waals surface area contributed by atoms with Gasteiger partial charge in [-0.15, -0.1) is 0 Å². The average molecular weight is 627 g/mol. The van der Waals surface area contributed by atoms with Crippen LogP contribution in [0.25, 0.3) is 0 Å². The normalized spacial score (nSPS) is 12.0. The van der Waals surface area contributed by atoms with Gasteiger partial charge >= 0.3 is 7.25 Å². The van der Waals surface area contributed by atoms with Crippen molar-refractivity contribution >= 4 is 14.5 Å². The molecule has 0 spiro atoms. The number of hydrogen-bond donors (Lipinski definition) is 0. The lowest BCUT2D eigenvalue weighted by Crippen LogP contribution is -2.13. The highest BCUT2D eigenvalue weighted by atomic mass is 31.2. The molecule has 0 saturated carbocycles. The van der Waals surface area contributed by atoms with E-state index in [0.29, 0.717) is 0 Å². The van der Waals surface area contributed by atoms with Crippen molar-refractivity contribution in [2.24, 2.45) is 0 Å². The van der Waals surface area contributed by atoms with Gasteiger partial charge in [0.2, 0.25) is 0 Å². The summed E-state index contributed by atoms with van der Waals surface area (Å²) in [5.74, 6) is 0. The van der Waals surface area contributed by atoms with Crippen molar-refractivity contribution in [1.29, 1.82) is 0 Å². The zero-order chi connectivity index (χ0) is 31.6. The third-order valence-electron chi connectivity index (χ3n) is 8.94. The zero-order valence-corrected chi connectivity index (χ0v) is 30.1. The molecular formula is C36H76BF4P. The fourth-order valence-electron chi connectivity index (χ4n) is 6.29. The number of halogens is 4. The number of unbranched alkanes of at least 4 members (excludes halogenated alkanes) is 24. The average Bonchev–Trinajstić information content (AvgIpc) is 2.94. The first-order valence-electron chi connectivity index (χ1n) is 19.0. The highest BCUT2D eigenvalue weighted by molar-refractivity contribution is 7.75. The van der Waals surface area contributed by atoms with Crippen LogP contribution in [0.4, 0.5) is 17.3 Å². The van der Waals surface area contributed by atoms with Crippen molar-refractivity contribution in [2.75, 3.05) is 24.6 Å². The van der Waals surface area contributed by atoms with Crippen LogP contribution in [0.3, 0.4) is 0 Å². The molecule has 0 rings (SSSR count). The zero-order valence-electron chi connectivity index (χ0n) is 29.2. The van der Waals surface area contributed by atoms with Gasteiger partial charge in [-0.05, 0) is 51.4 Å². The maximum absolute atomic E-state index is 9.75. The highest BCUT2D eigenvalue weighted by Crippen LogP contribution is 2.61. The molecule has 0 N–H and O–H groups in total. The molecule has 0 bridgehead atoms. The maximum atomic E-state index is 9.75. The van der Waals surface area contributed by atoms with E-state index in [0.717, 1.165) is 0 Å². The minimum atomic E-state index is -6.00. The molecule has 0 nitrogen and oxygen atoms in total. The second-order valence-electron chi connectivity index (χ2n) is 13.2. The van der Waals surface area contributed by atoms with Gasteiger partial charge in [0.25, 0.3) is 0 Å². The van der Waals surface area contributed by atoms with Gasteiger partial charge in [0.15, 0.2) is 0 Å². The lowest BCUT2D eigenvalue weighted by atomic mass is 10.0. The smallest absolute Gasteiger partial charge is 0.418 e. The predicted octanol–water partition coefficient (Wildman–Crippen LogP) is 15.3. The van der Waals surface area contributed by atoms with Crippen LogP contribution in [-0.4, -0.2) is 31.9 Å². The third kappa shape index (κ3) is 38.2. The van der Waals surface area contributed by atoms with Crippen molar-refractivity contribution in [3.8, 4) is 0 Å². The Kier molecular flexibility index (Phi) is 36.0. The van der Waals surface area contributed by atoms with Crippen LogP contribution in [0.15, 0.2) is 0 Å². The van der Waals surface area contributed by atoms with E-state index in [-0.39, 0.29) is 0 Å². The van der Waals surface area contributed by atoms with Gasteiger partial charge in [0, 0.05) is 7.26 Å². The van der Waals surface area contributed by atoms with Crippen molar-refractivity contribution in [1.82, 2.24) is 0 Å². The molecule has 0 aliphatic carbocycles. The summed E-state index contributed by atoms with van der Waals surface area (Å²) in [6, 6.07) is 0. The van der Waals surface area contributed by atoms with E-state index in [4.69, 9.17) is 0 Å². The van der Waals surface area contributed by atoms with E-state index >= 15 is 0 Å². The van der Waals surface area contributed by atoms with Gasteiger partial charge < -0.3 is 17.3 Å². The topological polar surface area (TPSA) is 0 Å². The highest BCUT2D eigenvalue weighted by Gasteiger charge is 2.34. The van der Waals surface area contributed by atoms with Gasteiger partial charge in [-0.1, -0.05) is 156 Å². The van der Waals surface area contributed by atoms with Crippen LogP contribution in [0, 0.1) is 0 Å². The Labute approximate surface area is 263 Å². The summed E-state index contributed by atoms with van der Waals surface area (Å²) in [4.78, 5) is 0. The lowest BCUT2D eigenvalue weighted by molar-refractivity contribution is 0.368. The summed E-state index contributed by atoms with van der Waals surface area (Å²) in [7, 11) is -6.70. The van der Waals surface area contributed by atoms with Crippen molar-refractivity contribution < 1.29 is 17.3 Å². The predicted molar refractivity (Wildman–Crippen MR) is 189 cm³/mol. The maximum Gasteiger partial charge on any atom is 0.673 e. The first kappa shape index (κ1) is 44.3. The summed E-state index contributed by atoms with van der Waals surface area (Å²) in [6.45, 7) is 9.42. The largest absolute Gasteiger partial charge is 0.673 e. The summed E-state index contributed by atoms with van der Waals surface area (Å²) >= 11 is 0. The van der Waals surface area contributed by atoms with Crippen LogP contribution in [-0.2, 0) is 0 Å². The van der Waals surface area contributed by atoms with Crippen LogP contribution in [0.2, 0.25) is 0 Å². The molecule has 0 fully saturated rings. The van der Waals surface area contributed by atoms with Gasteiger partial charge in [-0.3, -0.25) is 0 Å². The SMILES string of the molecule is CCCCCCCCCCCCCCCCCC[P+](CCCCCC)(CCCCCC)CCCCCC.F[B-](F)(F)F. The molecule has 6 heteroatoms. The molecular weight excluding hydrogens is 550 g/mol. The number of hydrogen-bond acceptors (Lipinski definition) is 0.